The summed E-state index contributed by atoms with van der Waals surface area (Å²) in [5, 5.41) is 14.0. The van der Waals surface area contributed by atoms with Crippen molar-refractivity contribution >= 4 is 29.4 Å². The van der Waals surface area contributed by atoms with Gasteiger partial charge in [0, 0.05) is 62.5 Å². The van der Waals surface area contributed by atoms with Crippen molar-refractivity contribution in [1.29, 1.82) is 0 Å². The van der Waals surface area contributed by atoms with Crippen LogP contribution in [0.5, 0.6) is 0 Å². The number of likely N-dealkylation sites (tertiary alicyclic amines) is 2. The average Bonchev–Trinajstić information content (AvgIpc) is 3.59. The monoisotopic (exact) mass is 620 g/mol. The number of nitrogens with zero attached hydrogens (tertiary/aromatic N) is 6. The molecular weight excluding hydrogens is 584 g/mol. The molecule has 10 heteroatoms. The second kappa shape index (κ2) is 12.5. The fourth-order valence-electron chi connectivity index (χ4n) is 6.75. The topological polar surface area (TPSA) is 102 Å². The number of carbonyl (C=O) groups is 2. The Morgan fingerprint density at radius 3 is 2.44 bits per heavy atom. The lowest BCUT2D eigenvalue weighted by Crippen LogP contribution is -2.55. The zero-order valence-corrected chi connectivity index (χ0v) is 25.9. The van der Waals surface area contributed by atoms with E-state index in [-0.39, 0.29) is 23.7 Å². The van der Waals surface area contributed by atoms with Crippen molar-refractivity contribution < 1.29 is 14.7 Å². The maximum Gasteiger partial charge on any atom is 0.265 e. The van der Waals surface area contributed by atoms with E-state index in [0.717, 1.165) is 26.8 Å². The summed E-state index contributed by atoms with van der Waals surface area (Å²) in [5.74, 6) is -0.278. The molecule has 3 aliphatic rings. The largest absolute Gasteiger partial charge is 0.388 e. The summed E-state index contributed by atoms with van der Waals surface area (Å²) in [6.45, 7) is 2.91. The minimum Gasteiger partial charge on any atom is -0.388 e. The van der Waals surface area contributed by atoms with E-state index in [1.54, 1.807) is 12.4 Å². The van der Waals surface area contributed by atoms with Crippen molar-refractivity contribution in [1.82, 2.24) is 24.7 Å². The summed E-state index contributed by atoms with van der Waals surface area (Å²) in [6.07, 6.45) is 6.97. The number of aromatic nitrogens is 2. The van der Waals surface area contributed by atoms with E-state index < -0.39 is 5.60 Å². The molecule has 2 fully saturated rings. The summed E-state index contributed by atoms with van der Waals surface area (Å²) in [7, 11) is 0. The van der Waals surface area contributed by atoms with E-state index in [4.69, 9.17) is 0 Å². The highest BCUT2D eigenvalue weighted by molar-refractivity contribution is 7.16. The van der Waals surface area contributed by atoms with Crippen LogP contribution in [-0.2, 0) is 4.79 Å². The number of carbonyl (C=O) groups excluding carboxylic acids is 2. The van der Waals surface area contributed by atoms with E-state index >= 15 is 0 Å². The van der Waals surface area contributed by atoms with E-state index in [2.05, 4.69) is 27.1 Å². The molecule has 0 spiro atoms. The lowest BCUT2D eigenvalue weighted by atomic mass is 9.79. The third-order valence-corrected chi connectivity index (χ3v) is 10.3. The van der Waals surface area contributed by atoms with Gasteiger partial charge in [0.05, 0.1) is 17.2 Å². The maximum atomic E-state index is 14.1. The Morgan fingerprint density at radius 2 is 1.67 bits per heavy atom. The van der Waals surface area contributed by atoms with Gasteiger partial charge in [0.15, 0.2) is 0 Å². The molecule has 2 saturated heterocycles. The molecule has 0 radical (unpaired) electrons. The number of benzene rings is 2. The average molecular weight is 621 g/mol. The van der Waals surface area contributed by atoms with Gasteiger partial charge < -0.3 is 19.8 Å². The first kappa shape index (κ1) is 29.3. The SMILES string of the molecule is O=C(c1cnc(-c2ccccc2)s1)N1CC[C@@H](C(=O)N2CCC(O)(CN3C=c4ncccc4=NC3)CC2)[C@H](c2ccccc2)C1. The predicted octanol–water partition coefficient (Wildman–Crippen LogP) is 3.14. The van der Waals surface area contributed by atoms with Crippen molar-refractivity contribution in [3.8, 4) is 10.6 Å². The zero-order valence-electron chi connectivity index (χ0n) is 25.0. The highest BCUT2D eigenvalue weighted by Gasteiger charge is 2.42. The minimum absolute atomic E-state index is 0.0383. The molecule has 2 atom stereocenters. The van der Waals surface area contributed by atoms with E-state index in [1.165, 1.54) is 11.3 Å². The molecule has 7 rings (SSSR count). The lowest BCUT2D eigenvalue weighted by molar-refractivity contribution is -0.142. The first-order chi connectivity index (χ1) is 22.0. The molecule has 9 nitrogen and oxygen atoms in total. The summed E-state index contributed by atoms with van der Waals surface area (Å²) in [4.78, 5) is 47.7. The number of pyridine rings is 1. The number of thiazole rings is 1. The van der Waals surface area contributed by atoms with Gasteiger partial charge in [0.1, 0.15) is 21.9 Å². The molecule has 45 heavy (non-hydrogen) atoms. The number of piperidine rings is 2. The quantitative estimate of drug-likeness (QED) is 0.356. The van der Waals surface area contributed by atoms with E-state index in [1.807, 2.05) is 81.6 Å². The molecule has 2 amide bonds. The molecular formula is C35H36N6O3S. The normalized spacial score (nSPS) is 21.0. The minimum atomic E-state index is -0.906. The highest BCUT2D eigenvalue weighted by Crippen LogP contribution is 2.36. The number of aliphatic hydroxyl groups is 1. The predicted molar refractivity (Wildman–Crippen MR) is 173 cm³/mol. The number of β-amino-alcohol motifs (C(OH)–C–C–N with tert-alkyl or cyclic N) is 1. The number of amides is 2. The smallest absolute Gasteiger partial charge is 0.265 e. The number of hydrogen-bond acceptors (Lipinski definition) is 8. The van der Waals surface area contributed by atoms with Crippen LogP contribution in [0.25, 0.3) is 16.8 Å². The Balaban J connectivity index is 1.02. The second-order valence-corrected chi connectivity index (χ2v) is 13.2. The van der Waals surface area contributed by atoms with Crippen molar-refractivity contribution in [3.63, 3.8) is 0 Å². The molecule has 4 aromatic rings. The van der Waals surface area contributed by atoms with Crippen LogP contribution in [0.1, 0.15) is 40.4 Å². The van der Waals surface area contributed by atoms with Gasteiger partial charge in [0.2, 0.25) is 5.91 Å². The summed E-state index contributed by atoms with van der Waals surface area (Å²) in [5.41, 5.74) is 1.15. The maximum absolute atomic E-state index is 14.1. The Labute approximate surface area is 266 Å². The molecule has 1 N–H and O–H groups in total. The lowest BCUT2D eigenvalue weighted by Gasteiger charge is -2.44. The first-order valence-electron chi connectivity index (χ1n) is 15.5. The number of fused-ring (bicyclic) bond motifs is 1. The molecule has 0 saturated carbocycles. The van der Waals surface area contributed by atoms with Crippen molar-refractivity contribution in [2.45, 2.75) is 30.8 Å². The molecule has 0 bridgehead atoms. The van der Waals surface area contributed by atoms with Gasteiger partial charge >= 0.3 is 0 Å². The van der Waals surface area contributed by atoms with E-state index in [0.29, 0.717) is 63.5 Å². The van der Waals surface area contributed by atoms with Crippen LogP contribution in [0.15, 0.2) is 90.2 Å². The zero-order chi connectivity index (χ0) is 30.8. The van der Waals surface area contributed by atoms with Crippen LogP contribution in [0.3, 0.4) is 0 Å². The molecule has 0 unspecified atom stereocenters. The van der Waals surface area contributed by atoms with Crippen LogP contribution >= 0.6 is 11.3 Å². The van der Waals surface area contributed by atoms with Gasteiger partial charge in [0.25, 0.3) is 5.91 Å². The van der Waals surface area contributed by atoms with Crippen molar-refractivity contribution in [2.24, 2.45) is 10.9 Å². The van der Waals surface area contributed by atoms with Gasteiger partial charge in [-0.2, -0.15) is 0 Å². The summed E-state index contributed by atoms with van der Waals surface area (Å²) in [6, 6.07) is 23.8. The van der Waals surface area contributed by atoms with Crippen LogP contribution < -0.4 is 10.7 Å². The van der Waals surface area contributed by atoms with Crippen LogP contribution in [0.4, 0.5) is 0 Å². The molecule has 2 aromatic heterocycles. The summed E-state index contributed by atoms with van der Waals surface area (Å²) >= 11 is 1.41. The summed E-state index contributed by atoms with van der Waals surface area (Å²) < 4.78 is 0. The third-order valence-electron chi connectivity index (χ3n) is 9.23. The van der Waals surface area contributed by atoms with Gasteiger partial charge in [-0.25, -0.2) is 4.98 Å². The van der Waals surface area contributed by atoms with Crippen molar-refractivity contribution in [3.05, 3.63) is 106 Å². The Morgan fingerprint density at radius 1 is 0.911 bits per heavy atom. The van der Waals surface area contributed by atoms with Gasteiger partial charge in [-0.05, 0) is 37.0 Å². The Kier molecular flexibility index (Phi) is 8.16. The first-order valence-corrected chi connectivity index (χ1v) is 16.4. The molecule has 3 aliphatic heterocycles. The van der Waals surface area contributed by atoms with Crippen LogP contribution in [0.2, 0.25) is 0 Å². The number of hydrogen-bond donors (Lipinski definition) is 1. The highest BCUT2D eigenvalue weighted by atomic mass is 32.1. The Hall–Kier alpha value is -4.41. The fourth-order valence-corrected chi connectivity index (χ4v) is 7.64. The fraction of sp³-hybridized carbons (Fsp3) is 0.343. The van der Waals surface area contributed by atoms with Crippen molar-refractivity contribution in [2.75, 3.05) is 39.4 Å². The molecule has 2 aromatic carbocycles. The Bertz CT molecular complexity index is 1790. The van der Waals surface area contributed by atoms with Crippen LogP contribution in [-0.4, -0.2) is 86.6 Å². The number of rotatable bonds is 6. The van der Waals surface area contributed by atoms with E-state index in [9.17, 15) is 14.7 Å². The van der Waals surface area contributed by atoms with Gasteiger partial charge in [-0.1, -0.05) is 60.7 Å². The molecule has 0 aliphatic carbocycles. The molecule has 5 heterocycles. The van der Waals surface area contributed by atoms with Gasteiger partial charge in [-0.3, -0.25) is 19.6 Å². The second-order valence-electron chi connectivity index (χ2n) is 12.2. The third kappa shape index (κ3) is 6.25. The molecule has 230 valence electrons. The van der Waals surface area contributed by atoms with Gasteiger partial charge in [-0.15, -0.1) is 11.3 Å². The standard InChI is InChI=1S/C35H36N6O3S/c42-33(40-18-14-35(44,15-19-40)23-39-22-30-29(38-24-39)12-7-16-36-30)27-13-17-41(21-28(27)25-8-3-1-4-9-25)34(43)31-20-37-32(45-31)26-10-5-2-6-11-26/h1-12,16,20,22,27-28,44H,13-15,17-19,21,23-24H2/t27-,28+/m1/s1. The van der Waals surface area contributed by atoms with Crippen LogP contribution in [0, 0.1) is 5.92 Å².